The second-order valence-electron chi connectivity index (χ2n) is 9.85. The molecule has 36 heavy (non-hydrogen) atoms. The fraction of sp³-hybridized carbons (Fsp3) is 0.393. The normalized spacial score (nSPS) is 22.1. The number of para-hydroxylation sites is 1. The van der Waals surface area contributed by atoms with Gasteiger partial charge >= 0.3 is 5.97 Å². The Morgan fingerprint density at radius 1 is 1.11 bits per heavy atom. The van der Waals surface area contributed by atoms with E-state index < -0.39 is 0 Å². The Balaban J connectivity index is 1.07. The Hall–Kier alpha value is -3.65. The number of ether oxygens (including phenoxy) is 1. The molecular formula is C28H30N4O4. The number of anilines is 1. The number of esters is 1. The topological polar surface area (TPSA) is 79.1 Å². The van der Waals surface area contributed by atoms with Crippen molar-refractivity contribution in [3.05, 3.63) is 66.1 Å². The maximum atomic E-state index is 13.2. The van der Waals surface area contributed by atoms with E-state index in [0.29, 0.717) is 30.7 Å². The predicted molar refractivity (Wildman–Crippen MR) is 137 cm³/mol. The van der Waals surface area contributed by atoms with Crippen molar-refractivity contribution in [1.82, 2.24) is 14.8 Å². The minimum atomic E-state index is -0.377. The van der Waals surface area contributed by atoms with Crippen molar-refractivity contribution in [1.29, 1.82) is 0 Å². The van der Waals surface area contributed by atoms with Crippen LogP contribution in [0.1, 0.15) is 35.2 Å². The molecule has 5 heterocycles. The zero-order valence-electron chi connectivity index (χ0n) is 20.4. The Kier molecular flexibility index (Phi) is 5.97. The molecule has 0 spiro atoms. The molecule has 0 saturated carbocycles. The number of furan rings is 1. The molecule has 2 bridgehead atoms. The fourth-order valence-corrected chi connectivity index (χ4v) is 5.95. The van der Waals surface area contributed by atoms with E-state index in [1.807, 2.05) is 17.0 Å². The van der Waals surface area contributed by atoms with Crippen molar-refractivity contribution in [2.45, 2.75) is 31.3 Å². The molecule has 1 aromatic carbocycles. The number of nitrogens with zero attached hydrogens (tertiary/aromatic N) is 4. The second kappa shape index (κ2) is 9.43. The lowest BCUT2D eigenvalue weighted by molar-refractivity contribution is -0.132. The van der Waals surface area contributed by atoms with Gasteiger partial charge in [0.1, 0.15) is 11.4 Å². The van der Waals surface area contributed by atoms with Crippen LogP contribution in [0.2, 0.25) is 0 Å². The Bertz CT molecular complexity index is 1300. The maximum Gasteiger partial charge on any atom is 0.339 e. The number of hydrogen-bond acceptors (Lipinski definition) is 7. The van der Waals surface area contributed by atoms with Crippen LogP contribution in [0, 0.1) is 0 Å². The van der Waals surface area contributed by atoms with Gasteiger partial charge in [0, 0.05) is 55.4 Å². The number of fused-ring (bicyclic) bond motifs is 3. The first-order valence-corrected chi connectivity index (χ1v) is 12.6. The second-order valence-corrected chi connectivity index (χ2v) is 9.85. The van der Waals surface area contributed by atoms with Crippen molar-refractivity contribution in [2.75, 3.05) is 44.7 Å². The summed E-state index contributed by atoms with van der Waals surface area (Å²) in [6, 6.07) is 12.5. The molecule has 3 aliphatic heterocycles. The van der Waals surface area contributed by atoms with E-state index in [1.54, 1.807) is 18.5 Å². The summed E-state index contributed by atoms with van der Waals surface area (Å²) in [7, 11) is 1.37. The number of aromatic nitrogens is 1. The molecule has 2 fully saturated rings. The number of piperazine rings is 1. The molecule has 3 aliphatic rings. The highest BCUT2D eigenvalue weighted by Gasteiger charge is 2.41. The van der Waals surface area contributed by atoms with Crippen LogP contribution < -0.4 is 4.90 Å². The van der Waals surface area contributed by atoms with E-state index in [2.05, 4.69) is 39.1 Å². The van der Waals surface area contributed by atoms with Crippen molar-refractivity contribution >= 4 is 34.2 Å². The average molecular weight is 487 g/mol. The van der Waals surface area contributed by atoms with Gasteiger partial charge in [-0.05, 0) is 43.0 Å². The van der Waals surface area contributed by atoms with Gasteiger partial charge < -0.3 is 19.0 Å². The van der Waals surface area contributed by atoms with Gasteiger partial charge in [-0.1, -0.05) is 24.3 Å². The molecule has 1 amide bonds. The highest BCUT2D eigenvalue weighted by Crippen LogP contribution is 2.34. The molecule has 0 N–H and O–H groups in total. The van der Waals surface area contributed by atoms with E-state index in [0.717, 1.165) is 61.2 Å². The first-order valence-electron chi connectivity index (χ1n) is 12.6. The number of carbonyl (C=O) groups excluding carboxylic acids is 2. The third kappa shape index (κ3) is 4.15. The van der Waals surface area contributed by atoms with Crippen molar-refractivity contribution in [3.63, 3.8) is 0 Å². The number of amides is 1. The molecule has 8 heteroatoms. The van der Waals surface area contributed by atoms with Gasteiger partial charge in [0.25, 0.3) is 0 Å². The first-order chi connectivity index (χ1) is 17.6. The van der Waals surface area contributed by atoms with Gasteiger partial charge in [-0.15, -0.1) is 0 Å². The van der Waals surface area contributed by atoms with Gasteiger partial charge in [-0.3, -0.25) is 9.69 Å². The number of hydrogen-bond donors (Lipinski definition) is 0. The summed E-state index contributed by atoms with van der Waals surface area (Å²) >= 11 is 0. The van der Waals surface area contributed by atoms with Crippen LogP contribution in [0.4, 0.5) is 5.82 Å². The van der Waals surface area contributed by atoms with Crippen molar-refractivity contribution < 1.29 is 18.7 Å². The molecule has 0 radical (unpaired) electrons. The third-order valence-corrected chi connectivity index (χ3v) is 7.74. The lowest BCUT2D eigenvalue weighted by Gasteiger charge is -2.42. The first kappa shape index (κ1) is 22.8. The molecule has 6 rings (SSSR count). The van der Waals surface area contributed by atoms with Crippen LogP contribution in [0.15, 0.2) is 59.4 Å². The summed E-state index contributed by atoms with van der Waals surface area (Å²) in [6.45, 7) is 3.50. The van der Waals surface area contributed by atoms with E-state index in [4.69, 9.17) is 9.15 Å². The monoisotopic (exact) mass is 486 g/mol. The predicted octanol–water partition coefficient (Wildman–Crippen LogP) is 3.58. The molecule has 186 valence electrons. The lowest BCUT2D eigenvalue weighted by Crippen LogP contribution is -2.56. The number of pyridine rings is 1. The summed E-state index contributed by atoms with van der Waals surface area (Å²) < 4.78 is 10.5. The molecule has 2 atom stereocenters. The van der Waals surface area contributed by atoms with Crippen LogP contribution in [0.25, 0.3) is 16.5 Å². The molecule has 2 saturated heterocycles. The molecule has 2 aromatic heterocycles. The molecule has 2 unspecified atom stereocenters. The quantitative estimate of drug-likeness (QED) is 0.510. The smallest absolute Gasteiger partial charge is 0.339 e. The maximum absolute atomic E-state index is 13.2. The highest BCUT2D eigenvalue weighted by atomic mass is 16.5. The van der Waals surface area contributed by atoms with E-state index in [1.165, 1.54) is 12.7 Å². The van der Waals surface area contributed by atoms with Crippen LogP contribution in [-0.4, -0.2) is 78.6 Å². The summed E-state index contributed by atoms with van der Waals surface area (Å²) in [5.74, 6) is 0.703. The standard InChI is InChI=1S/C28H30N4O4/c1-35-28(34)21-5-8-25(29-15-21)32-22-6-7-23(32)17-30(16-22)18-26(33)31-12-9-19(10-13-31)24-4-2-3-20-11-14-36-27(20)24/h2-5,8-9,11,14-15,22-23H,6-7,10,12-13,16-18H2,1H3. The van der Waals surface area contributed by atoms with E-state index >= 15 is 0 Å². The van der Waals surface area contributed by atoms with E-state index in [-0.39, 0.29) is 11.9 Å². The van der Waals surface area contributed by atoms with Crippen LogP contribution in [-0.2, 0) is 9.53 Å². The molecule has 0 aliphatic carbocycles. The zero-order valence-corrected chi connectivity index (χ0v) is 20.4. The summed E-state index contributed by atoms with van der Waals surface area (Å²) in [5, 5.41) is 1.11. The molecule has 3 aromatic rings. The van der Waals surface area contributed by atoms with Crippen LogP contribution in [0.5, 0.6) is 0 Å². The van der Waals surface area contributed by atoms with Crippen molar-refractivity contribution in [3.8, 4) is 0 Å². The SMILES string of the molecule is COC(=O)c1ccc(N2C3CCC2CN(CC(=O)N2CC=C(c4cccc5ccoc45)CC2)C3)nc1. The number of methoxy groups -OCH3 is 1. The highest BCUT2D eigenvalue weighted by molar-refractivity contribution is 5.91. The Morgan fingerprint density at radius 2 is 1.94 bits per heavy atom. The van der Waals surface area contributed by atoms with Gasteiger partial charge in [0.2, 0.25) is 5.91 Å². The van der Waals surface area contributed by atoms with Crippen molar-refractivity contribution in [2.24, 2.45) is 0 Å². The summed E-state index contributed by atoms with van der Waals surface area (Å²) in [5.41, 5.74) is 3.76. The van der Waals surface area contributed by atoms with Gasteiger partial charge in [-0.2, -0.15) is 0 Å². The lowest BCUT2D eigenvalue weighted by atomic mass is 9.98. The zero-order chi connectivity index (χ0) is 24.6. The van der Waals surface area contributed by atoms with Gasteiger partial charge in [-0.25, -0.2) is 9.78 Å². The fourth-order valence-electron chi connectivity index (χ4n) is 5.95. The number of carbonyl (C=O) groups is 2. The number of rotatable bonds is 5. The number of likely N-dealkylation sites (tertiary alicyclic amines) is 1. The molecular weight excluding hydrogens is 456 g/mol. The summed E-state index contributed by atoms with van der Waals surface area (Å²) in [6.07, 6.45) is 8.49. The van der Waals surface area contributed by atoms with Gasteiger partial charge in [0.15, 0.2) is 0 Å². The number of benzene rings is 1. The Labute approximate surface area is 210 Å². The van der Waals surface area contributed by atoms with Gasteiger partial charge in [0.05, 0.1) is 25.5 Å². The Morgan fingerprint density at radius 3 is 2.64 bits per heavy atom. The average Bonchev–Trinajstić information content (AvgIpc) is 3.50. The van der Waals surface area contributed by atoms with Crippen LogP contribution in [0.3, 0.4) is 0 Å². The largest absolute Gasteiger partial charge is 0.465 e. The van der Waals surface area contributed by atoms with Crippen LogP contribution >= 0.6 is 0 Å². The van der Waals surface area contributed by atoms with E-state index in [9.17, 15) is 9.59 Å². The third-order valence-electron chi connectivity index (χ3n) is 7.74. The molecule has 8 nitrogen and oxygen atoms in total. The minimum Gasteiger partial charge on any atom is -0.465 e. The minimum absolute atomic E-state index is 0.190. The summed E-state index contributed by atoms with van der Waals surface area (Å²) in [4.78, 5) is 36.1.